The van der Waals surface area contributed by atoms with Crippen molar-refractivity contribution in [2.24, 2.45) is 0 Å². The molecule has 0 atom stereocenters. The third kappa shape index (κ3) is 9.30. The van der Waals surface area contributed by atoms with Gasteiger partial charge >= 0.3 is 24.7 Å². The van der Waals surface area contributed by atoms with Crippen molar-refractivity contribution in [3.8, 4) is 0 Å². The van der Waals surface area contributed by atoms with Gasteiger partial charge in [0.2, 0.25) is 11.8 Å². The van der Waals surface area contributed by atoms with E-state index in [9.17, 15) is 62.3 Å². The lowest BCUT2D eigenvalue weighted by molar-refractivity contribution is -0.164. The predicted octanol–water partition coefficient (Wildman–Crippen LogP) is 6.80. The van der Waals surface area contributed by atoms with Crippen LogP contribution < -0.4 is 10.6 Å². The van der Waals surface area contributed by atoms with Crippen molar-refractivity contribution >= 4 is 35.7 Å². The highest BCUT2D eigenvalue weighted by Gasteiger charge is 2.49. The zero-order chi connectivity index (χ0) is 36.4. The summed E-state index contributed by atoms with van der Waals surface area (Å²) < 4.78 is 172. The topological polar surface area (TPSA) is 64.7 Å². The Labute approximate surface area is 275 Å². The third-order valence-electron chi connectivity index (χ3n) is 7.42. The molecule has 0 radical (unpaired) electrons. The highest BCUT2D eigenvalue weighted by atomic mass is 32.2. The van der Waals surface area contributed by atoms with Crippen LogP contribution in [0.25, 0.3) is 12.2 Å². The second-order valence-electron chi connectivity index (χ2n) is 10.7. The van der Waals surface area contributed by atoms with E-state index in [1.54, 1.807) is 0 Å². The Morgan fingerprint density at radius 3 is 1.12 bits per heavy atom. The maximum Gasteiger partial charge on any atom is 0.418 e. The minimum atomic E-state index is -5.86. The number of nitrogens with one attached hydrogen (secondary N) is 2. The van der Waals surface area contributed by atoms with Crippen LogP contribution in [0.1, 0.15) is 33.4 Å². The summed E-state index contributed by atoms with van der Waals surface area (Å²) in [7, 11) is 0. The van der Waals surface area contributed by atoms with Gasteiger partial charge in [-0.25, -0.2) is 0 Å². The molecule has 2 amide bonds. The second-order valence-corrected chi connectivity index (χ2v) is 11.8. The van der Waals surface area contributed by atoms with Gasteiger partial charge in [-0.3, -0.25) is 9.59 Å². The van der Waals surface area contributed by atoms with E-state index in [4.69, 9.17) is 0 Å². The quantitative estimate of drug-likeness (QED) is 0.253. The van der Waals surface area contributed by atoms with E-state index < -0.39 is 91.5 Å². The van der Waals surface area contributed by atoms with E-state index in [0.29, 0.717) is 74.7 Å². The Kier molecular flexibility index (Phi) is 11.4. The number of carbonyl (C=O) groups is 2. The standard InChI is InChI=1S/C30H26F12N4O2S/c31-27(32,33)23-17(3-7-21(47)45-13-9-43-10-14-45)1-5-19(25(23)29(37,38)39)49-20-6-2-18(4-8-22(48)46-15-11-44-12-16-46)24(28(34,35)36)26(20)30(40,41)42/h1-8,43-44H,9-16H2/b7-3+,8-4+. The van der Waals surface area contributed by atoms with Crippen LogP contribution >= 0.6 is 11.8 Å². The molecule has 2 aromatic carbocycles. The van der Waals surface area contributed by atoms with Crippen molar-refractivity contribution in [2.45, 2.75) is 34.5 Å². The number of carbonyl (C=O) groups excluding carboxylic acids is 2. The molecule has 0 bridgehead atoms. The monoisotopic (exact) mass is 734 g/mol. The minimum Gasteiger partial charge on any atom is -0.337 e. The number of halogens is 12. The third-order valence-corrected chi connectivity index (χ3v) is 8.54. The minimum absolute atomic E-state index is 0.168. The predicted molar refractivity (Wildman–Crippen MR) is 154 cm³/mol. The fourth-order valence-electron chi connectivity index (χ4n) is 5.24. The zero-order valence-corrected chi connectivity index (χ0v) is 25.7. The number of nitrogens with zero attached hydrogens (tertiary/aromatic N) is 2. The van der Waals surface area contributed by atoms with Crippen LogP contribution in [0.5, 0.6) is 0 Å². The zero-order valence-electron chi connectivity index (χ0n) is 24.9. The lowest BCUT2D eigenvalue weighted by Crippen LogP contribution is -2.45. The summed E-state index contributed by atoms with van der Waals surface area (Å²) >= 11 is -0.586. The fraction of sp³-hybridized carbons (Fsp3) is 0.400. The number of rotatable bonds is 6. The molecule has 0 aromatic heterocycles. The molecule has 0 spiro atoms. The van der Waals surface area contributed by atoms with E-state index in [2.05, 4.69) is 10.6 Å². The summed E-state index contributed by atoms with van der Waals surface area (Å²) in [5.41, 5.74) is -11.9. The van der Waals surface area contributed by atoms with E-state index in [-0.39, 0.29) is 26.2 Å². The van der Waals surface area contributed by atoms with Gasteiger partial charge in [-0.05, 0) is 35.4 Å². The van der Waals surface area contributed by atoms with Crippen molar-refractivity contribution in [3.63, 3.8) is 0 Å². The van der Waals surface area contributed by atoms with Crippen molar-refractivity contribution in [3.05, 3.63) is 69.8 Å². The van der Waals surface area contributed by atoms with E-state index >= 15 is 0 Å². The molecule has 6 nitrogen and oxygen atoms in total. The number of alkyl halides is 12. The molecule has 19 heteroatoms. The summed E-state index contributed by atoms with van der Waals surface area (Å²) in [5.74, 6) is -1.61. The van der Waals surface area contributed by atoms with Crippen LogP contribution in [0, 0.1) is 0 Å². The lowest BCUT2D eigenvalue weighted by atomic mass is 9.99. The summed E-state index contributed by atoms with van der Waals surface area (Å²) in [4.78, 5) is 24.4. The Hall–Kier alpha value is -3.71. The average molecular weight is 735 g/mol. The molecule has 2 aliphatic rings. The van der Waals surface area contributed by atoms with Crippen LogP contribution in [0.15, 0.2) is 46.2 Å². The van der Waals surface area contributed by atoms with Gasteiger partial charge in [-0.15, -0.1) is 0 Å². The lowest BCUT2D eigenvalue weighted by Gasteiger charge is -2.26. The van der Waals surface area contributed by atoms with Gasteiger partial charge in [0, 0.05) is 74.3 Å². The summed E-state index contributed by atoms with van der Waals surface area (Å²) in [5, 5.41) is 5.85. The molecule has 0 saturated carbocycles. The highest BCUT2D eigenvalue weighted by Crippen LogP contribution is 2.52. The first-order chi connectivity index (χ1) is 22.7. The van der Waals surface area contributed by atoms with E-state index in [1.165, 1.54) is 9.80 Å². The van der Waals surface area contributed by atoms with Gasteiger partial charge in [0.25, 0.3) is 0 Å². The number of hydrogen-bond acceptors (Lipinski definition) is 5. The SMILES string of the molecule is O=C(/C=C/c1ccc(Sc2ccc(/C=C/C(=O)N3CCNCC3)c(C(F)(F)F)c2C(F)(F)F)c(C(F)(F)F)c1C(F)(F)F)N1CCNCC1. The van der Waals surface area contributed by atoms with Crippen molar-refractivity contribution < 1.29 is 62.3 Å². The van der Waals surface area contributed by atoms with Crippen molar-refractivity contribution in [2.75, 3.05) is 52.4 Å². The van der Waals surface area contributed by atoms with E-state index in [1.807, 2.05) is 0 Å². The average Bonchev–Trinajstić information content (AvgIpc) is 3.01. The van der Waals surface area contributed by atoms with Crippen LogP contribution in [-0.2, 0) is 34.3 Å². The molecule has 2 fully saturated rings. The van der Waals surface area contributed by atoms with E-state index in [0.717, 1.165) is 0 Å². The molecule has 2 N–H and O–H groups in total. The molecule has 2 heterocycles. The summed E-state index contributed by atoms with van der Waals surface area (Å²) in [6.45, 7) is 2.11. The normalized spacial score (nSPS) is 17.0. The molecular formula is C30H26F12N4O2S. The Balaban J connectivity index is 1.85. The maximum atomic E-state index is 14.3. The molecule has 2 aliphatic heterocycles. The first-order valence-electron chi connectivity index (χ1n) is 14.4. The summed E-state index contributed by atoms with van der Waals surface area (Å²) in [6.07, 6.45) is -21.0. The van der Waals surface area contributed by atoms with Crippen LogP contribution in [-0.4, -0.2) is 74.0 Å². The first kappa shape index (κ1) is 38.1. The van der Waals surface area contributed by atoms with Gasteiger partial charge in [-0.1, -0.05) is 23.9 Å². The Morgan fingerprint density at radius 2 is 0.837 bits per heavy atom. The smallest absolute Gasteiger partial charge is 0.337 e. The number of hydrogen-bond donors (Lipinski definition) is 2. The van der Waals surface area contributed by atoms with Gasteiger partial charge in [-0.2, -0.15) is 52.7 Å². The van der Waals surface area contributed by atoms with Crippen LogP contribution in [0.4, 0.5) is 52.7 Å². The van der Waals surface area contributed by atoms with Gasteiger partial charge < -0.3 is 20.4 Å². The van der Waals surface area contributed by atoms with Gasteiger partial charge in [0.15, 0.2) is 0 Å². The van der Waals surface area contributed by atoms with Crippen molar-refractivity contribution in [1.29, 1.82) is 0 Å². The van der Waals surface area contributed by atoms with Crippen LogP contribution in [0.2, 0.25) is 0 Å². The van der Waals surface area contributed by atoms with Gasteiger partial charge in [0.05, 0.1) is 22.3 Å². The Morgan fingerprint density at radius 1 is 0.531 bits per heavy atom. The fourth-order valence-corrected chi connectivity index (χ4v) is 6.39. The maximum absolute atomic E-state index is 14.3. The largest absolute Gasteiger partial charge is 0.418 e. The first-order valence-corrected chi connectivity index (χ1v) is 15.2. The number of amides is 2. The molecule has 268 valence electrons. The van der Waals surface area contributed by atoms with Crippen LogP contribution in [0.3, 0.4) is 0 Å². The molecule has 4 rings (SSSR count). The summed E-state index contributed by atoms with van der Waals surface area (Å²) in [6, 6.07) is 1.76. The van der Waals surface area contributed by atoms with Gasteiger partial charge in [0.1, 0.15) is 0 Å². The molecule has 0 unspecified atom stereocenters. The Bertz CT molecular complexity index is 1480. The van der Waals surface area contributed by atoms with Crippen molar-refractivity contribution in [1.82, 2.24) is 20.4 Å². The molecule has 0 aliphatic carbocycles. The second kappa shape index (κ2) is 14.6. The number of piperazine rings is 2. The molecule has 2 saturated heterocycles. The molecule has 49 heavy (non-hydrogen) atoms. The molecule has 2 aromatic rings. The number of benzene rings is 2. The highest BCUT2D eigenvalue weighted by molar-refractivity contribution is 7.99. The molecular weight excluding hydrogens is 708 g/mol.